The number of aliphatic carboxylic acids is 1. The molecule has 2 N–H and O–H groups in total. The first-order valence-electron chi connectivity index (χ1n) is 8.29. The van der Waals surface area contributed by atoms with E-state index in [0.29, 0.717) is 26.1 Å². The Morgan fingerprint density at radius 1 is 1.12 bits per heavy atom. The third-order valence-electron chi connectivity index (χ3n) is 4.62. The highest BCUT2D eigenvalue weighted by molar-refractivity contribution is 8.00. The van der Waals surface area contributed by atoms with Crippen LogP contribution in [0, 0.1) is 5.41 Å². The molecule has 3 rings (SSSR count). The number of ether oxygens (including phenoxy) is 1. The lowest BCUT2D eigenvalue weighted by Gasteiger charge is -2.33. The van der Waals surface area contributed by atoms with Crippen LogP contribution in [0.4, 0.5) is 0 Å². The molecule has 2 aromatic carbocycles. The Morgan fingerprint density at radius 3 is 2.56 bits per heavy atom. The van der Waals surface area contributed by atoms with Gasteiger partial charge in [-0.05, 0) is 35.7 Å². The summed E-state index contributed by atoms with van der Waals surface area (Å²) in [7, 11) is 0. The van der Waals surface area contributed by atoms with Crippen molar-refractivity contribution in [2.45, 2.75) is 17.7 Å². The minimum atomic E-state index is -0.901. The Balaban J connectivity index is 1.54. The van der Waals surface area contributed by atoms with Crippen molar-refractivity contribution in [3.05, 3.63) is 42.5 Å². The molecule has 1 aliphatic rings. The first-order chi connectivity index (χ1) is 12.1. The lowest BCUT2D eigenvalue weighted by molar-refractivity contribution is -0.154. The summed E-state index contributed by atoms with van der Waals surface area (Å²) in [5, 5.41) is 14.6. The standard InChI is InChI=1S/C19H21NO4S/c21-17(20-13-19(18(22)23)7-9-24-10-8-19)12-25-16-6-5-14-3-1-2-4-15(14)11-16/h1-6,11H,7-10,12-13H2,(H,20,21)(H,22,23). The number of hydrogen-bond donors (Lipinski definition) is 2. The van der Waals surface area contributed by atoms with E-state index < -0.39 is 11.4 Å². The van der Waals surface area contributed by atoms with Gasteiger partial charge in [0.15, 0.2) is 0 Å². The first kappa shape index (κ1) is 17.8. The summed E-state index contributed by atoms with van der Waals surface area (Å²) in [6.07, 6.45) is 0.862. The molecule has 25 heavy (non-hydrogen) atoms. The van der Waals surface area contributed by atoms with E-state index in [0.717, 1.165) is 10.3 Å². The molecule has 5 nitrogen and oxygen atoms in total. The molecule has 1 heterocycles. The van der Waals surface area contributed by atoms with E-state index in [2.05, 4.69) is 17.4 Å². The predicted octanol–water partition coefficient (Wildman–Crippen LogP) is 2.93. The van der Waals surface area contributed by atoms with Crippen molar-refractivity contribution >= 4 is 34.4 Å². The Bertz CT molecular complexity index is 771. The second-order valence-electron chi connectivity index (χ2n) is 6.27. The zero-order valence-corrected chi connectivity index (χ0v) is 14.7. The van der Waals surface area contributed by atoms with Gasteiger partial charge in [-0.25, -0.2) is 0 Å². The normalized spacial score (nSPS) is 16.5. The second kappa shape index (κ2) is 7.89. The summed E-state index contributed by atoms with van der Waals surface area (Å²) in [5.74, 6) is -0.742. The van der Waals surface area contributed by atoms with E-state index in [-0.39, 0.29) is 18.2 Å². The number of carbonyl (C=O) groups is 2. The van der Waals surface area contributed by atoms with E-state index in [4.69, 9.17) is 4.74 Å². The summed E-state index contributed by atoms with van der Waals surface area (Å²) >= 11 is 1.45. The third kappa shape index (κ3) is 4.32. The number of thioether (sulfide) groups is 1. The molecule has 0 aliphatic carbocycles. The molecular formula is C19H21NO4S. The van der Waals surface area contributed by atoms with Gasteiger partial charge in [-0.2, -0.15) is 0 Å². The highest BCUT2D eigenvalue weighted by Crippen LogP contribution is 2.30. The Labute approximate surface area is 150 Å². The van der Waals surface area contributed by atoms with E-state index in [9.17, 15) is 14.7 Å². The van der Waals surface area contributed by atoms with Crippen LogP contribution in [-0.4, -0.2) is 42.5 Å². The quantitative estimate of drug-likeness (QED) is 0.776. The maximum Gasteiger partial charge on any atom is 0.311 e. The van der Waals surface area contributed by atoms with Crippen LogP contribution in [0.1, 0.15) is 12.8 Å². The average molecular weight is 359 g/mol. The molecule has 0 unspecified atom stereocenters. The number of carboxylic acids is 1. The number of fused-ring (bicyclic) bond motifs is 1. The van der Waals surface area contributed by atoms with Crippen LogP contribution in [-0.2, 0) is 14.3 Å². The second-order valence-corrected chi connectivity index (χ2v) is 7.32. The van der Waals surface area contributed by atoms with Crippen molar-refractivity contribution in [3.63, 3.8) is 0 Å². The lowest BCUT2D eigenvalue weighted by atomic mass is 9.80. The minimum Gasteiger partial charge on any atom is -0.481 e. The molecule has 1 aliphatic heterocycles. The van der Waals surface area contributed by atoms with Crippen LogP contribution in [0.3, 0.4) is 0 Å². The van der Waals surface area contributed by atoms with Gasteiger partial charge in [0.25, 0.3) is 0 Å². The number of carbonyl (C=O) groups excluding carboxylic acids is 1. The van der Waals surface area contributed by atoms with E-state index in [1.165, 1.54) is 17.1 Å². The van der Waals surface area contributed by atoms with Gasteiger partial charge < -0.3 is 15.2 Å². The number of amides is 1. The Morgan fingerprint density at radius 2 is 1.84 bits per heavy atom. The molecule has 0 radical (unpaired) electrons. The molecule has 1 amide bonds. The van der Waals surface area contributed by atoms with Crippen LogP contribution in [0.15, 0.2) is 47.4 Å². The van der Waals surface area contributed by atoms with Crippen LogP contribution in [0.25, 0.3) is 10.8 Å². The molecule has 132 valence electrons. The van der Waals surface area contributed by atoms with Crippen LogP contribution >= 0.6 is 11.8 Å². The molecule has 0 aromatic heterocycles. The summed E-state index contributed by atoms with van der Waals surface area (Å²) in [4.78, 5) is 24.7. The lowest BCUT2D eigenvalue weighted by Crippen LogP contribution is -2.46. The smallest absolute Gasteiger partial charge is 0.311 e. The Hall–Kier alpha value is -2.05. The topological polar surface area (TPSA) is 75.6 Å². The highest BCUT2D eigenvalue weighted by Gasteiger charge is 2.40. The molecule has 2 aromatic rings. The minimum absolute atomic E-state index is 0.148. The number of carboxylic acid groups (broad SMARTS) is 1. The first-order valence-corrected chi connectivity index (χ1v) is 9.27. The number of nitrogens with one attached hydrogen (secondary N) is 1. The van der Waals surface area contributed by atoms with E-state index >= 15 is 0 Å². The van der Waals surface area contributed by atoms with Gasteiger partial charge >= 0.3 is 5.97 Å². The fourth-order valence-electron chi connectivity index (χ4n) is 2.95. The van der Waals surface area contributed by atoms with Gasteiger partial charge in [0.2, 0.25) is 5.91 Å². The zero-order chi connectivity index (χ0) is 17.7. The molecule has 0 saturated carbocycles. The van der Waals surface area contributed by atoms with Crippen LogP contribution < -0.4 is 5.32 Å². The van der Waals surface area contributed by atoms with Gasteiger partial charge in [0, 0.05) is 24.7 Å². The maximum atomic E-state index is 12.1. The fourth-order valence-corrected chi connectivity index (χ4v) is 3.73. The van der Waals surface area contributed by atoms with Crippen molar-refractivity contribution in [1.82, 2.24) is 5.32 Å². The Kier molecular flexibility index (Phi) is 5.60. The monoisotopic (exact) mass is 359 g/mol. The molecule has 6 heteroatoms. The summed E-state index contributed by atoms with van der Waals surface area (Å²) in [6, 6.07) is 14.2. The molecule has 1 fully saturated rings. The van der Waals surface area contributed by atoms with E-state index in [1.54, 1.807) is 0 Å². The van der Waals surface area contributed by atoms with Crippen LogP contribution in [0.5, 0.6) is 0 Å². The summed E-state index contributed by atoms with van der Waals surface area (Å²) in [5.41, 5.74) is -0.901. The summed E-state index contributed by atoms with van der Waals surface area (Å²) in [6.45, 7) is 1.00. The molecule has 0 atom stereocenters. The average Bonchev–Trinajstić information content (AvgIpc) is 2.65. The fraction of sp³-hybridized carbons (Fsp3) is 0.368. The highest BCUT2D eigenvalue weighted by atomic mass is 32.2. The van der Waals surface area contributed by atoms with Crippen molar-refractivity contribution in [2.75, 3.05) is 25.5 Å². The van der Waals surface area contributed by atoms with Crippen molar-refractivity contribution in [1.29, 1.82) is 0 Å². The van der Waals surface area contributed by atoms with Crippen molar-refractivity contribution < 1.29 is 19.4 Å². The van der Waals surface area contributed by atoms with Gasteiger partial charge in [-0.1, -0.05) is 30.3 Å². The largest absolute Gasteiger partial charge is 0.481 e. The SMILES string of the molecule is O=C(CSc1ccc2ccccc2c1)NCC1(C(=O)O)CCOCC1. The van der Waals surface area contributed by atoms with Gasteiger partial charge in [-0.3, -0.25) is 9.59 Å². The number of rotatable bonds is 6. The third-order valence-corrected chi connectivity index (χ3v) is 5.61. The van der Waals surface area contributed by atoms with Crippen molar-refractivity contribution in [2.24, 2.45) is 5.41 Å². The van der Waals surface area contributed by atoms with Crippen molar-refractivity contribution in [3.8, 4) is 0 Å². The molecule has 1 saturated heterocycles. The molecule has 0 spiro atoms. The van der Waals surface area contributed by atoms with Gasteiger partial charge in [-0.15, -0.1) is 11.8 Å². The van der Waals surface area contributed by atoms with E-state index in [1.807, 2.05) is 30.3 Å². The predicted molar refractivity (Wildman–Crippen MR) is 97.8 cm³/mol. The van der Waals surface area contributed by atoms with Gasteiger partial charge in [0.05, 0.1) is 11.2 Å². The number of hydrogen-bond acceptors (Lipinski definition) is 4. The molecule has 0 bridgehead atoms. The zero-order valence-electron chi connectivity index (χ0n) is 13.9. The maximum absolute atomic E-state index is 12.1. The molecular weight excluding hydrogens is 338 g/mol. The van der Waals surface area contributed by atoms with Gasteiger partial charge in [0.1, 0.15) is 0 Å². The van der Waals surface area contributed by atoms with Crippen LogP contribution in [0.2, 0.25) is 0 Å². The summed E-state index contributed by atoms with van der Waals surface area (Å²) < 4.78 is 5.24. The number of benzene rings is 2.